The summed E-state index contributed by atoms with van der Waals surface area (Å²) in [4.78, 5) is 0. The van der Waals surface area contributed by atoms with Crippen LogP contribution < -0.4 is 10.6 Å². The lowest BCUT2D eigenvalue weighted by Crippen LogP contribution is -2.48. The highest BCUT2D eigenvalue weighted by atomic mass is 19.3. The van der Waals surface area contributed by atoms with Crippen LogP contribution in [-0.4, -0.2) is 35.8 Å². The molecule has 0 radical (unpaired) electrons. The van der Waals surface area contributed by atoms with Crippen LogP contribution in [0.4, 0.5) is 14.6 Å². The minimum absolute atomic E-state index is 0.230. The molecule has 1 aromatic rings. The van der Waals surface area contributed by atoms with Gasteiger partial charge in [0.05, 0.1) is 6.54 Å². The van der Waals surface area contributed by atoms with E-state index < -0.39 is 11.8 Å². The number of halogens is 2. The Morgan fingerprint density at radius 3 is 3.12 bits per heavy atom. The van der Waals surface area contributed by atoms with Gasteiger partial charge in [0, 0.05) is 18.7 Å². The van der Waals surface area contributed by atoms with E-state index in [1.165, 1.54) is 0 Å². The second kappa shape index (κ2) is 4.69. The molecule has 16 heavy (non-hydrogen) atoms. The summed E-state index contributed by atoms with van der Waals surface area (Å²) in [6.45, 7) is 0.635. The molecule has 2 N–H and O–H groups in total. The molecule has 1 aliphatic rings. The highest BCUT2D eigenvalue weighted by molar-refractivity contribution is 5.31. The fraction of sp³-hybridized carbons (Fsp3) is 0.600. The lowest BCUT2D eigenvalue weighted by atomic mass is 9.94. The van der Waals surface area contributed by atoms with Crippen molar-refractivity contribution in [1.29, 1.82) is 0 Å². The fourth-order valence-electron chi connectivity index (χ4n) is 1.76. The summed E-state index contributed by atoms with van der Waals surface area (Å²) in [5, 5.41) is 13.0. The Morgan fingerprint density at radius 2 is 2.44 bits per heavy atom. The predicted molar refractivity (Wildman–Crippen MR) is 56.4 cm³/mol. The van der Waals surface area contributed by atoms with Crippen molar-refractivity contribution in [2.24, 2.45) is 5.92 Å². The predicted octanol–water partition coefficient (Wildman–Crippen LogP) is 1.13. The highest BCUT2D eigenvalue weighted by Gasteiger charge is 2.41. The normalized spacial score (nSPS) is 24.0. The molecule has 2 rings (SSSR count). The molecule has 0 saturated carbocycles. The number of hydrogen-bond donors (Lipinski definition) is 2. The van der Waals surface area contributed by atoms with Crippen LogP contribution in [-0.2, 0) is 0 Å². The second-order valence-electron chi connectivity index (χ2n) is 3.91. The molecule has 0 aliphatic carbocycles. The van der Waals surface area contributed by atoms with Gasteiger partial charge < -0.3 is 10.6 Å². The van der Waals surface area contributed by atoms with Crippen molar-refractivity contribution in [3.63, 3.8) is 0 Å². The van der Waals surface area contributed by atoms with Crippen molar-refractivity contribution in [3.05, 3.63) is 18.3 Å². The van der Waals surface area contributed by atoms with E-state index in [9.17, 15) is 8.78 Å². The quantitative estimate of drug-likeness (QED) is 0.814. The number of anilines is 1. The van der Waals surface area contributed by atoms with Gasteiger partial charge in [-0.2, -0.15) is 5.10 Å². The van der Waals surface area contributed by atoms with Crippen LogP contribution in [0, 0.1) is 5.92 Å². The average molecular weight is 228 g/mol. The summed E-state index contributed by atoms with van der Waals surface area (Å²) in [6.07, 6.45) is 2.02. The Hall–Kier alpha value is -1.30. The van der Waals surface area contributed by atoms with Gasteiger partial charge in [0.15, 0.2) is 0 Å². The number of hydrogen-bond acceptors (Lipinski definition) is 4. The largest absolute Gasteiger partial charge is 0.368 e. The van der Waals surface area contributed by atoms with Crippen LogP contribution in [0.1, 0.15) is 6.42 Å². The van der Waals surface area contributed by atoms with E-state index in [0.29, 0.717) is 18.8 Å². The highest BCUT2D eigenvalue weighted by Crippen LogP contribution is 2.29. The van der Waals surface area contributed by atoms with Crippen molar-refractivity contribution in [2.75, 3.05) is 25.0 Å². The molecule has 1 fully saturated rings. The van der Waals surface area contributed by atoms with Crippen molar-refractivity contribution in [2.45, 2.75) is 12.3 Å². The molecule has 1 aromatic heterocycles. The van der Waals surface area contributed by atoms with Crippen molar-refractivity contribution < 1.29 is 8.78 Å². The van der Waals surface area contributed by atoms with Crippen LogP contribution in [0.5, 0.6) is 0 Å². The van der Waals surface area contributed by atoms with Gasteiger partial charge in [-0.25, -0.2) is 8.78 Å². The monoisotopic (exact) mass is 228 g/mol. The van der Waals surface area contributed by atoms with Gasteiger partial charge in [-0.1, -0.05) is 0 Å². The lowest BCUT2D eigenvalue weighted by molar-refractivity contribution is -0.0678. The molecule has 0 spiro atoms. The fourth-order valence-corrected chi connectivity index (χ4v) is 1.76. The first-order chi connectivity index (χ1) is 7.68. The maximum Gasteiger partial charge on any atom is 0.264 e. The summed E-state index contributed by atoms with van der Waals surface area (Å²) < 4.78 is 26.9. The third-order valence-corrected chi connectivity index (χ3v) is 2.73. The Labute approximate surface area is 92.5 Å². The van der Waals surface area contributed by atoms with Gasteiger partial charge in [0.2, 0.25) is 0 Å². The lowest BCUT2D eigenvalue weighted by Gasteiger charge is -2.31. The van der Waals surface area contributed by atoms with Gasteiger partial charge in [-0.05, 0) is 25.1 Å². The molecule has 88 valence electrons. The molecule has 0 bridgehead atoms. The number of aromatic nitrogens is 2. The van der Waals surface area contributed by atoms with E-state index in [-0.39, 0.29) is 13.1 Å². The zero-order valence-corrected chi connectivity index (χ0v) is 8.79. The van der Waals surface area contributed by atoms with E-state index in [1.807, 2.05) is 0 Å². The molecular formula is C10H14F2N4. The van der Waals surface area contributed by atoms with E-state index in [4.69, 9.17) is 0 Å². The zero-order valence-electron chi connectivity index (χ0n) is 8.79. The third-order valence-electron chi connectivity index (χ3n) is 2.73. The molecule has 1 aliphatic heterocycles. The Morgan fingerprint density at radius 1 is 1.56 bits per heavy atom. The minimum Gasteiger partial charge on any atom is -0.368 e. The summed E-state index contributed by atoms with van der Waals surface area (Å²) in [5.41, 5.74) is 0. The molecule has 1 atom stereocenters. The average Bonchev–Trinajstić information content (AvgIpc) is 2.28. The molecule has 1 saturated heterocycles. The third kappa shape index (κ3) is 2.63. The van der Waals surface area contributed by atoms with Gasteiger partial charge >= 0.3 is 0 Å². The number of piperidine rings is 1. The van der Waals surface area contributed by atoms with Crippen LogP contribution in [0.15, 0.2) is 18.3 Å². The smallest absolute Gasteiger partial charge is 0.264 e. The van der Waals surface area contributed by atoms with Gasteiger partial charge in [-0.15, -0.1) is 5.10 Å². The van der Waals surface area contributed by atoms with E-state index in [0.717, 1.165) is 0 Å². The molecule has 1 unspecified atom stereocenters. The van der Waals surface area contributed by atoms with Gasteiger partial charge in [0.25, 0.3) is 5.92 Å². The molecule has 0 aromatic carbocycles. The first-order valence-electron chi connectivity index (χ1n) is 5.28. The maximum absolute atomic E-state index is 13.4. The summed E-state index contributed by atoms with van der Waals surface area (Å²) in [7, 11) is 0. The van der Waals surface area contributed by atoms with Crippen LogP contribution >= 0.6 is 0 Å². The Kier molecular flexibility index (Phi) is 3.28. The molecule has 6 heteroatoms. The van der Waals surface area contributed by atoms with Crippen molar-refractivity contribution in [1.82, 2.24) is 15.5 Å². The standard InChI is InChI=1S/C10H14F2N4/c11-10(12)7-13-5-3-8(10)6-14-9-2-1-4-15-16-9/h1-2,4,8,13H,3,5-7H2,(H,14,16). The first-order valence-corrected chi connectivity index (χ1v) is 5.28. The minimum atomic E-state index is -2.65. The summed E-state index contributed by atoms with van der Waals surface area (Å²) in [5.74, 6) is -2.75. The van der Waals surface area contributed by atoms with Crippen LogP contribution in [0.25, 0.3) is 0 Å². The zero-order chi connectivity index (χ0) is 11.4. The van der Waals surface area contributed by atoms with Gasteiger partial charge in [-0.3, -0.25) is 0 Å². The maximum atomic E-state index is 13.4. The van der Waals surface area contributed by atoms with Gasteiger partial charge in [0.1, 0.15) is 5.82 Å². The van der Waals surface area contributed by atoms with E-state index in [1.54, 1.807) is 18.3 Å². The summed E-state index contributed by atoms with van der Waals surface area (Å²) in [6, 6.07) is 3.43. The number of nitrogens with zero attached hydrogens (tertiary/aromatic N) is 2. The van der Waals surface area contributed by atoms with Crippen LogP contribution in [0.2, 0.25) is 0 Å². The van der Waals surface area contributed by atoms with E-state index in [2.05, 4.69) is 20.8 Å². The SMILES string of the molecule is FC1(F)CNCCC1CNc1cccnn1. The summed E-state index contributed by atoms with van der Waals surface area (Å²) >= 11 is 0. The van der Waals surface area contributed by atoms with Crippen molar-refractivity contribution >= 4 is 5.82 Å². The number of rotatable bonds is 3. The molecule has 0 amide bonds. The topological polar surface area (TPSA) is 49.8 Å². The Bertz CT molecular complexity index is 331. The molecule has 2 heterocycles. The molecule has 4 nitrogen and oxygen atoms in total. The number of alkyl halides is 2. The Balaban J connectivity index is 1.90. The second-order valence-corrected chi connectivity index (χ2v) is 3.91. The van der Waals surface area contributed by atoms with E-state index >= 15 is 0 Å². The van der Waals surface area contributed by atoms with Crippen LogP contribution in [0.3, 0.4) is 0 Å². The first kappa shape index (κ1) is 11.2. The molecular weight excluding hydrogens is 214 g/mol. The van der Waals surface area contributed by atoms with Crippen molar-refractivity contribution in [3.8, 4) is 0 Å². The number of nitrogens with one attached hydrogen (secondary N) is 2.